The number of thiophene rings is 1. The lowest BCUT2D eigenvalue weighted by Gasteiger charge is -2.10. The van der Waals surface area contributed by atoms with Crippen molar-refractivity contribution in [2.45, 2.75) is 19.6 Å². The van der Waals surface area contributed by atoms with Crippen LogP contribution in [0.15, 0.2) is 52.9 Å². The number of ether oxygens (including phenoxy) is 1. The van der Waals surface area contributed by atoms with Crippen molar-refractivity contribution in [1.82, 2.24) is 5.32 Å². The van der Waals surface area contributed by atoms with Gasteiger partial charge in [0.2, 0.25) is 0 Å². The largest absolute Gasteiger partial charge is 0.486 e. The molecule has 1 amide bonds. The molecule has 2 aromatic heterocycles. The van der Waals surface area contributed by atoms with Gasteiger partial charge in [-0.3, -0.25) is 4.79 Å². The minimum absolute atomic E-state index is 0.148. The van der Waals surface area contributed by atoms with E-state index < -0.39 is 0 Å². The number of rotatable bonds is 6. The van der Waals surface area contributed by atoms with Crippen LogP contribution in [0.2, 0.25) is 4.34 Å². The van der Waals surface area contributed by atoms with Crippen molar-refractivity contribution in [1.29, 1.82) is 0 Å². The molecule has 1 unspecified atom stereocenters. The summed E-state index contributed by atoms with van der Waals surface area (Å²) >= 11 is 7.33. The van der Waals surface area contributed by atoms with Gasteiger partial charge in [-0.25, -0.2) is 4.39 Å². The Labute approximate surface area is 153 Å². The minimum atomic E-state index is -0.328. The average molecular weight is 380 g/mol. The molecule has 3 aromatic rings. The van der Waals surface area contributed by atoms with Crippen LogP contribution >= 0.6 is 22.9 Å². The quantitative estimate of drug-likeness (QED) is 0.640. The van der Waals surface area contributed by atoms with Crippen molar-refractivity contribution in [2.24, 2.45) is 0 Å². The van der Waals surface area contributed by atoms with E-state index in [-0.39, 0.29) is 30.1 Å². The third-order valence-corrected chi connectivity index (χ3v) is 4.86. The summed E-state index contributed by atoms with van der Waals surface area (Å²) in [6.07, 6.45) is 0. The molecule has 25 heavy (non-hydrogen) atoms. The number of carbonyl (C=O) groups excluding carboxylic acids is 1. The molecule has 0 spiro atoms. The van der Waals surface area contributed by atoms with Crippen molar-refractivity contribution in [3.8, 4) is 5.75 Å². The molecule has 7 heteroatoms. The number of amides is 1. The maximum Gasteiger partial charge on any atom is 0.287 e. The molecule has 0 saturated heterocycles. The van der Waals surface area contributed by atoms with Gasteiger partial charge in [0, 0.05) is 4.88 Å². The second-order valence-electron chi connectivity index (χ2n) is 5.35. The summed E-state index contributed by atoms with van der Waals surface area (Å²) in [6, 6.07) is 12.4. The molecule has 1 aromatic carbocycles. The van der Waals surface area contributed by atoms with Crippen LogP contribution in [0.25, 0.3) is 0 Å². The van der Waals surface area contributed by atoms with Gasteiger partial charge in [0.05, 0.1) is 10.4 Å². The Balaban J connectivity index is 1.56. The van der Waals surface area contributed by atoms with Gasteiger partial charge in [-0.2, -0.15) is 0 Å². The van der Waals surface area contributed by atoms with E-state index >= 15 is 0 Å². The molecule has 0 radical (unpaired) electrons. The van der Waals surface area contributed by atoms with Crippen molar-refractivity contribution in [2.75, 3.05) is 0 Å². The molecular formula is C18H15ClFNO3S. The number of nitrogens with one attached hydrogen (secondary N) is 1. The highest BCUT2D eigenvalue weighted by Gasteiger charge is 2.16. The highest BCUT2D eigenvalue weighted by molar-refractivity contribution is 7.16. The summed E-state index contributed by atoms with van der Waals surface area (Å²) < 4.78 is 24.5. The maximum atomic E-state index is 12.8. The topological polar surface area (TPSA) is 51.5 Å². The summed E-state index contributed by atoms with van der Waals surface area (Å²) in [5.74, 6) is 0.580. The van der Waals surface area contributed by atoms with Crippen LogP contribution in [0, 0.1) is 5.82 Å². The van der Waals surface area contributed by atoms with Gasteiger partial charge in [0.1, 0.15) is 23.9 Å². The highest BCUT2D eigenvalue weighted by atomic mass is 35.5. The second kappa shape index (κ2) is 7.72. The van der Waals surface area contributed by atoms with Crippen molar-refractivity contribution < 1.29 is 18.3 Å². The van der Waals surface area contributed by atoms with Gasteiger partial charge in [0.15, 0.2) is 5.76 Å². The Kier molecular flexibility index (Phi) is 5.40. The molecule has 1 N–H and O–H groups in total. The molecule has 0 aliphatic heterocycles. The van der Waals surface area contributed by atoms with Crippen molar-refractivity contribution in [3.63, 3.8) is 0 Å². The van der Waals surface area contributed by atoms with Crippen molar-refractivity contribution >= 4 is 28.8 Å². The third-order valence-electron chi connectivity index (χ3n) is 3.45. The van der Waals surface area contributed by atoms with Gasteiger partial charge in [0.25, 0.3) is 5.91 Å². The van der Waals surface area contributed by atoms with Crippen LogP contribution in [-0.2, 0) is 6.61 Å². The van der Waals surface area contributed by atoms with E-state index in [1.165, 1.54) is 35.6 Å². The number of benzene rings is 1. The first kappa shape index (κ1) is 17.5. The fourth-order valence-electron chi connectivity index (χ4n) is 2.16. The van der Waals surface area contributed by atoms with Crippen LogP contribution in [0.1, 0.15) is 34.2 Å². The Morgan fingerprint density at radius 2 is 2.00 bits per heavy atom. The standard InChI is InChI=1S/C18H15ClFNO3S/c1-11(16-8-9-17(19)25-16)21-18(22)15-7-6-14(24-15)10-23-13-4-2-12(20)3-5-13/h2-9,11H,10H2,1H3,(H,21,22). The average Bonchev–Trinajstić information content (AvgIpc) is 3.23. The highest BCUT2D eigenvalue weighted by Crippen LogP contribution is 2.27. The van der Waals surface area contributed by atoms with Crippen LogP contribution < -0.4 is 10.1 Å². The Morgan fingerprint density at radius 3 is 2.68 bits per heavy atom. The second-order valence-corrected chi connectivity index (χ2v) is 7.09. The molecule has 3 rings (SSSR count). The summed E-state index contributed by atoms with van der Waals surface area (Å²) in [5, 5.41) is 2.86. The molecule has 0 aliphatic rings. The number of hydrogen-bond donors (Lipinski definition) is 1. The smallest absolute Gasteiger partial charge is 0.287 e. The maximum absolute atomic E-state index is 12.8. The van der Waals surface area contributed by atoms with E-state index in [1.807, 2.05) is 13.0 Å². The fraction of sp³-hybridized carbons (Fsp3) is 0.167. The molecule has 0 aliphatic carbocycles. The lowest BCUT2D eigenvalue weighted by atomic mass is 10.2. The first-order valence-corrected chi connectivity index (χ1v) is 8.74. The molecule has 2 heterocycles. The normalized spacial score (nSPS) is 12.0. The fourth-order valence-corrected chi connectivity index (χ4v) is 3.23. The Bertz CT molecular complexity index is 859. The zero-order valence-corrected chi connectivity index (χ0v) is 14.9. The molecule has 0 bridgehead atoms. The van der Waals surface area contributed by atoms with E-state index in [4.69, 9.17) is 20.8 Å². The zero-order chi connectivity index (χ0) is 17.8. The number of hydrogen-bond acceptors (Lipinski definition) is 4. The SMILES string of the molecule is CC(NC(=O)c1ccc(COc2ccc(F)cc2)o1)c1ccc(Cl)s1. The van der Waals surface area contributed by atoms with E-state index in [2.05, 4.69) is 5.32 Å². The number of halogens is 2. The predicted molar refractivity (Wildman–Crippen MR) is 94.7 cm³/mol. The lowest BCUT2D eigenvalue weighted by molar-refractivity contribution is 0.0908. The monoisotopic (exact) mass is 379 g/mol. The zero-order valence-electron chi connectivity index (χ0n) is 13.3. The molecular weight excluding hydrogens is 365 g/mol. The molecule has 1 atom stereocenters. The molecule has 4 nitrogen and oxygen atoms in total. The van der Waals surface area contributed by atoms with E-state index in [0.29, 0.717) is 15.8 Å². The van der Waals surface area contributed by atoms with Crippen molar-refractivity contribution in [3.05, 3.63) is 75.1 Å². The Morgan fingerprint density at radius 1 is 1.24 bits per heavy atom. The van der Waals surface area contributed by atoms with Gasteiger partial charge < -0.3 is 14.5 Å². The van der Waals surface area contributed by atoms with Gasteiger partial charge >= 0.3 is 0 Å². The van der Waals surface area contributed by atoms with Crippen LogP contribution in [0.5, 0.6) is 5.75 Å². The summed E-state index contributed by atoms with van der Waals surface area (Å²) in [5.41, 5.74) is 0. The summed E-state index contributed by atoms with van der Waals surface area (Å²) in [6.45, 7) is 2.02. The van der Waals surface area contributed by atoms with E-state index in [0.717, 1.165) is 4.88 Å². The molecule has 0 fully saturated rings. The van der Waals surface area contributed by atoms with Crippen LogP contribution in [-0.4, -0.2) is 5.91 Å². The Hall–Kier alpha value is -2.31. The lowest BCUT2D eigenvalue weighted by Crippen LogP contribution is -2.25. The van der Waals surface area contributed by atoms with E-state index in [1.54, 1.807) is 18.2 Å². The van der Waals surface area contributed by atoms with Gasteiger partial charge in [-0.1, -0.05) is 11.6 Å². The summed E-state index contributed by atoms with van der Waals surface area (Å²) in [4.78, 5) is 13.2. The van der Waals surface area contributed by atoms with E-state index in [9.17, 15) is 9.18 Å². The first-order valence-electron chi connectivity index (χ1n) is 7.54. The number of carbonyl (C=O) groups is 1. The third kappa shape index (κ3) is 4.61. The van der Waals surface area contributed by atoms with Gasteiger partial charge in [-0.15, -0.1) is 11.3 Å². The predicted octanol–water partition coefficient (Wildman–Crippen LogP) is 5.20. The molecule has 130 valence electrons. The summed E-state index contributed by atoms with van der Waals surface area (Å²) in [7, 11) is 0. The van der Waals surface area contributed by atoms with Crippen LogP contribution in [0.3, 0.4) is 0 Å². The minimum Gasteiger partial charge on any atom is -0.486 e. The van der Waals surface area contributed by atoms with Crippen LogP contribution in [0.4, 0.5) is 4.39 Å². The number of furan rings is 1. The first-order chi connectivity index (χ1) is 12.0. The molecule has 0 saturated carbocycles. The van der Waals surface area contributed by atoms with Gasteiger partial charge in [-0.05, 0) is 55.5 Å².